The molecular formula is C10H7FN2O2S. The minimum atomic E-state index is -0.555. The SMILES string of the molecule is Nc1cc(C(=O)Oc2ccc(F)cc2)sn1. The van der Waals surface area contributed by atoms with Crippen LogP contribution in [0.15, 0.2) is 30.3 Å². The number of nitrogen functional groups attached to an aromatic ring is 1. The maximum atomic E-state index is 12.6. The molecule has 0 spiro atoms. The van der Waals surface area contributed by atoms with Crippen LogP contribution in [0.3, 0.4) is 0 Å². The third-order valence-electron chi connectivity index (χ3n) is 1.75. The molecule has 0 bridgehead atoms. The molecule has 2 aromatic rings. The third-order valence-corrected chi connectivity index (χ3v) is 2.54. The summed E-state index contributed by atoms with van der Waals surface area (Å²) in [6.45, 7) is 0. The maximum absolute atomic E-state index is 12.6. The monoisotopic (exact) mass is 238 g/mol. The van der Waals surface area contributed by atoms with E-state index >= 15 is 0 Å². The number of benzene rings is 1. The van der Waals surface area contributed by atoms with E-state index in [1.54, 1.807) is 0 Å². The smallest absolute Gasteiger partial charge is 0.355 e. The number of aromatic nitrogens is 1. The molecule has 0 unspecified atom stereocenters. The number of hydrogen-bond acceptors (Lipinski definition) is 5. The highest BCUT2D eigenvalue weighted by atomic mass is 32.1. The standard InChI is InChI=1S/C10H7FN2O2S/c11-6-1-3-7(4-2-6)15-10(14)8-5-9(12)13-16-8/h1-5H,(H2,12,13). The van der Waals surface area contributed by atoms with Crippen LogP contribution >= 0.6 is 11.5 Å². The lowest BCUT2D eigenvalue weighted by Gasteiger charge is -2.01. The predicted molar refractivity (Wildman–Crippen MR) is 57.9 cm³/mol. The van der Waals surface area contributed by atoms with Crippen molar-refractivity contribution in [3.8, 4) is 5.75 Å². The molecule has 0 aliphatic carbocycles. The number of hydrogen-bond donors (Lipinski definition) is 1. The van der Waals surface area contributed by atoms with Crippen molar-refractivity contribution >= 4 is 23.3 Å². The Morgan fingerprint density at radius 3 is 2.62 bits per heavy atom. The summed E-state index contributed by atoms with van der Waals surface area (Å²) >= 11 is 0.956. The summed E-state index contributed by atoms with van der Waals surface area (Å²) < 4.78 is 21.3. The summed E-state index contributed by atoms with van der Waals surface area (Å²) in [5.41, 5.74) is 5.37. The highest BCUT2D eigenvalue weighted by Gasteiger charge is 2.11. The number of anilines is 1. The Labute approximate surface area is 94.6 Å². The Morgan fingerprint density at radius 1 is 1.38 bits per heavy atom. The van der Waals surface area contributed by atoms with Crippen molar-refractivity contribution in [1.82, 2.24) is 4.37 Å². The van der Waals surface area contributed by atoms with Gasteiger partial charge >= 0.3 is 5.97 Å². The zero-order chi connectivity index (χ0) is 11.5. The maximum Gasteiger partial charge on any atom is 0.355 e. The van der Waals surface area contributed by atoms with Gasteiger partial charge in [0.05, 0.1) is 0 Å². The molecule has 16 heavy (non-hydrogen) atoms. The Morgan fingerprint density at radius 2 is 2.06 bits per heavy atom. The van der Waals surface area contributed by atoms with Gasteiger partial charge in [-0.2, -0.15) is 4.37 Å². The molecule has 0 aliphatic rings. The van der Waals surface area contributed by atoms with Gasteiger partial charge in [-0.15, -0.1) is 0 Å². The topological polar surface area (TPSA) is 65.2 Å². The van der Waals surface area contributed by atoms with Crippen LogP contribution in [-0.4, -0.2) is 10.3 Å². The van der Waals surface area contributed by atoms with E-state index in [9.17, 15) is 9.18 Å². The normalized spacial score (nSPS) is 10.1. The molecule has 2 N–H and O–H groups in total. The number of nitrogens with two attached hydrogens (primary N) is 1. The van der Waals surface area contributed by atoms with Crippen molar-refractivity contribution in [1.29, 1.82) is 0 Å². The minimum absolute atomic E-state index is 0.274. The van der Waals surface area contributed by atoms with E-state index in [2.05, 4.69) is 4.37 Å². The van der Waals surface area contributed by atoms with Crippen LogP contribution in [0.25, 0.3) is 0 Å². The van der Waals surface area contributed by atoms with Gasteiger partial charge in [0.25, 0.3) is 0 Å². The molecule has 0 atom stereocenters. The quantitative estimate of drug-likeness (QED) is 0.642. The lowest BCUT2D eigenvalue weighted by molar-refractivity contribution is 0.0739. The fraction of sp³-hybridized carbons (Fsp3) is 0. The number of halogens is 1. The summed E-state index contributed by atoms with van der Waals surface area (Å²) in [4.78, 5) is 11.8. The van der Waals surface area contributed by atoms with E-state index in [1.807, 2.05) is 0 Å². The fourth-order valence-corrected chi connectivity index (χ4v) is 1.59. The van der Waals surface area contributed by atoms with Crippen LogP contribution in [0, 0.1) is 5.82 Å². The van der Waals surface area contributed by atoms with E-state index in [-0.39, 0.29) is 17.4 Å². The summed E-state index contributed by atoms with van der Waals surface area (Å²) in [6, 6.07) is 6.60. The number of rotatable bonds is 2. The average Bonchev–Trinajstić information content (AvgIpc) is 2.68. The summed E-state index contributed by atoms with van der Waals surface area (Å²) in [6.07, 6.45) is 0. The van der Waals surface area contributed by atoms with Crippen LogP contribution in [0.2, 0.25) is 0 Å². The third kappa shape index (κ3) is 2.34. The van der Waals surface area contributed by atoms with E-state index in [4.69, 9.17) is 10.5 Å². The second kappa shape index (κ2) is 4.28. The Balaban J connectivity index is 2.10. The largest absolute Gasteiger partial charge is 0.422 e. The van der Waals surface area contributed by atoms with Crippen LogP contribution in [0.5, 0.6) is 5.75 Å². The fourth-order valence-electron chi connectivity index (χ4n) is 1.05. The Kier molecular flexibility index (Phi) is 2.82. The molecule has 1 aromatic carbocycles. The van der Waals surface area contributed by atoms with E-state index < -0.39 is 5.97 Å². The van der Waals surface area contributed by atoms with Gasteiger partial charge in [0.1, 0.15) is 22.3 Å². The Hall–Kier alpha value is -1.95. The predicted octanol–water partition coefficient (Wildman–Crippen LogP) is 2.08. The van der Waals surface area contributed by atoms with E-state index in [0.717, 1.165) is 11.5 Å². The first-order valence-corrected chi connectivity index (χ1v) is 5.12. The van der Waals surface area contributed by atoms with Gasteiger partial charge in [-0.1, -0.05) is 0 Å². The van der Waals surface area contributed by atoms with Crippen LogP contribution in [0.4, 0.5) is 10.2 Å². The number of carbonyl (C=O) groups excluding carboxylic acids is 1. The first-order valence-electron chi connectivity index (χ1n) is 4.35. The van der Waals surface area contributed by atoms with E-state index in [0.29, 0.717) is 4.88 Å². The number of esters is 1. The van der Waals surface area contributed by atoms with Crippen LogP contribution in [0.1, 0.15) is 9.67 Å². The molecule has 0 saturated carbocycles. The molecule has 6 heteroatoms. The van der Waals surface area contributed by atoms with Crippen molar-refractivity contribution < 1.29 is 13.9 Å². The second-order valence-corrected chi connectivity index (χ2v) is 3.76. The molecule has 1 heterocycles. The zero-order valence-corrected chi connectivity index (χ0v) is 8.83. The molecular weight excluding hydrogens is 231 g/mol. The molecule has 0 fully saturated rings. The molecule has 82 valence electrons. The zero-order valence-electron chi connectivity index (χ0n) is 8.01. The summed E-state index contributed by atoms with van der Waals surface area (Å²) in [5, 5.41) is 0. The van der Waals surface area contributed by atoms with E-state index in [1.165, 1.54) is 30.3 Å². The van der Waals surface area contributed by atoms with Gasteiger partial charge in [0.15, 0.2) is 0 Å². The first kappa shape index (κ1) is 10.6. The van der Waals surface area contributed by atoms with Crippen molar-refractivity contribution in [3.05, 3.63) is 41.0 Å². The van der Waals surface area contributed by atoms with Crippen molar-refractivity contribution in [2.75, 3.05) is 5.73 Å². The number of carbonyl (C=O) groups is 1. The molecule has 0 saturated heterocycles. The lowest BCUT2D eigenvalue weighted by Crippen LogP contribution is -2.06. The van der Waals surface area contributed by atoms with Gasteiger partial charge in [-0.05, 0) is 35.8 Å². The van der Waals surface area contributed by atoms with Crippen LogP contribution < -0.4 is 10.5 Å². The second-order valence-electron chi connectivity index (χ2n) is 2.96. The number of ether oxygens (including phenoxy) is 1. The van der Waals surface area contributed by atoms with Gasteiger partial charge in [-0.25, -0.2) is 9.18 Å². The van der Waals surface area contributed by atoms with Gasteiger partial charge in [-0.3, -0.25) is 0 Å². The summed E-state index contributed by atoms with van der Waals surface area (Å²) in [5.74, 6) is -0.392. The highest BCUT2D eigenvalue weighted by Crippen LogP contribution is 2.16. The molecule has 0 amide bonds. The molecule has 0 aliphatic heterocycles. The van der Waals surface area contributed by atoms with Crippen molar-refractivity contribution in [2.45, 2.75) is 0 Å². The first-order chi connectivity index (χ1) is 7.65. The average molecular weight is 238 g/mol. The lowest BCUT2D eigenvalue weighted by atomic mass is 10.3. The Bertz CT molecular complexity index is 510. The summed E-state index contributed by atoms with van der Waals surface area (Å²) in [7, 11) is 0. The van der Waals surface area contributed by atoms with Crippen molar-refractivity contribution in [3.63, 3.8) is 0 Å². The number of nitrogens with zero attached hydrogens (tertiary/aromatic N) is 1. The molecule has 2 rings (SSSR count). The molecule has 4 nitrogen and oxygen atoms in total. The minimum Gasteiger partial charge on any atom is -0.422 e. The van der Waals surface area contributed by atoms with Gasteiger partial charge in [0, 0.05) is 6.07 Å². The van der Waals surface area contributed by atoms with Crippen LogP contribution in [-0.2, 0) is 0 Å². The van der Waals surface area contributed by atoms with Gasteiger partial charge < -0.3 is 10.5 Å². The molecule has 1 aromatic heterocycles. The van der Waals surface area contributed by atoms with Crippen molar-refractivity contribution in [2.24, 2.45) is 0 Å². The highest BCUT2D eigenvalue weighted by molar-refractivity contribution is 7.08. The van der Waals surface area contributed by atoms with Gasteiger partial charge in [0.2, 0.25) is 0 Å². The molecule has 0 radical (unpaired) electrons.